The Bertz CT molecular complexity index is 1850. The van der Waals surface area contributed by atoms with Crippen LogP contribution in [0.4, 0.5) is 9.59 Å². The maximum absolute atomic E-state index is 13.7. The Morgan fingerprint density at radius 2 is 1.54 bits per heavy atom. The number of thioether (sulfide) groups is 1. The molecule has 1 amide bonds. The number of rotatable bonds is 17. The van der Waals surface area contributed by atoms with Crippen molar-refractivity contribution in [1.29, 1.82) is 0 Å². The Morgan fingerprint density at radius 1 is 0.932 bits per heavy atom. The van der Waals surface area contributed by atoms with Gasteiger partial charge in [0.1, 0.15) is 38.1 Å². The minimum atomic E-state index is -1.83. The smallest absolute Gasteiger partial charge is 0.460 e. The van der Waals surface area contributed by atoms with E-state index >= 15 is 0 Å². The Labute approximate surface area is 367 Å². The number of esters is 2. The summed E-state index contributed by atoms with van der Waals surface area (Å²) in [5.41, 5.74) is 4.34. The lowest BCUT2D eigenvalue weighted by molar-refractivity contribution is -0.161. The molecule has 0 aromatic heterocycles. The fourth-order valence-electron chi connectivity index (χ4n) is 6.85. The Balaban J connectivity index is 1.41. The predicted molar refractivity (Wildman–Crippen MR) is 234 cm³/mol. The minimum Gasteiger partial charge on any atom is -0.460 e. The molecule has 0 N–H and O–H groups in total. The molecular weight excluding hydrogens is 839 g/mol. The number of hydrogen-bond donors (Lipinski definition) is 0. The Hall–Kier alpha value is -3.71. The van der Waals surface area contributed by atoms with Gasteiger partial charge in [-0.1, -0.05) is 131 Å². The number of nitrogens with zero attached hydrogens (tertiary/aromatic N) is 2. The summed E-state index contributed by atoms with van der Waals surface area (Å²) in [4.78, 5) is 58.3. The highest BCUT2D eigenvalue weighted by molar-refractivity contribution is 8.14. The first-order valence-electron chi connectivity index (χ1n) is 19.6. The molecule has 0 spiro atoms. The Kier molecular flexibility index (Phi) is 17.2. The highest BCUT2D eigenvalue weighted by atomic mass is 35.6. The van der Waals surface area contributed by atoms with Gasteiger partial charge in [0, 0.05) is 30.2 Å². The van der Waals surface area contributed by atoms with Crippen molar-refractivity contribution in [3.8, 4) is 11.1 Å². The number of ether oxygens (including phenoxy) is 5. The number of fused-ring (bicyclic) bond motifs is 3. The van der Waals surface area contributed by atoms with Crippen LogP contribution in [-0.4, -0.2) is 94.8 Å². The number of hydrogen-bond acceptors (Lipinski definition) is 11. The third-order valence-corrected chi connectivity index (χ3v) is 12.0. The van der Waals surface area contributed by atoms with Gasteiger partial charge in [0.15, 0.2) is 0 Å². The lowest BCUT2D eigenvalue weighted by Gasteiger charge is -2.35. The standard InChI is InChI=1S/C44H55Cl3N2O9S/c1-10-19-54-39(50)27(3)22-30-24-59-38(48-30)28(4)36(57-42(53)56-25-44(45,46)47)20-26(2)21-37(43(6,7)8)58-40(51)29(5)49(9)41(52)55-23-35-33-17-13-11-15-31(33)32-16-12-14-18-34(32)35/h10-18,22,26,28-30,35-37H,1,19-21,23-25H2,2-9H3/b27-22+/t26-,28-,29-,30-,36-,37-/m0/s1. The van der Waals surface area contributed by atoms with E-state index in [2.05, 4.69) is 18.7 Å². The summed E-state index contributed by atoms with van der Waals surface area (Å²) < 4.78 is 26.2. The van der Waals surface area contributed by atoms with Gasteiger partial charge in [0.25, 0.3) is 0 Å². The van der Waals surface area contributed by atoms with Crippen LogP contribution in [0.5, 0.6) is 0 Å². The molecule has 0 bridgehead atoms. The quantitative estimate of drug-likeness (QED) is 0.0497. The fraction of sp³-hybridized carbons (Fsp3) is 0.523. The van der Waals surface area contributed by atoms with E-state index in [1.54, 1.807) is 19.9 Å². The number of alkyl halides is 3. The van der Waals surface area contributed by atoms with Gasteiger partial charge in [0.2, 0.25) is 3.79 Å². The average Bonchev–Trinajstić information content (AvgIpc) is 3.78. The molecule has 2 aromatic carbocycles. The summed E-state index contributed by atoms with van der Waals surface area (Å²) in [6, 6.07) is 14.9. The van der Waals surface area contributed by atoms with Crippen molar-refractivity contribution in [2.45, 2.75) is 95.3 Å². The predicted octanol–water partition coefficient (Wildman–Crippen LogP) is 10.3. The van der Waals surface area contributed by atoms with E-state index < -0.39 is 58.3 Å². The molecule has 1 heterocycles. The summed E-state index contributed by atoms with van der Waals surface area (Å²) in [6.07, 6.45) is 1.05. The van der Waals surface area contributed by atoms with E-state index in [-0.39, 0.29) is 37.0 Å². The van der Waals surface area contributed by atoms with Gasteiger partial charge in [-0.25, -0.2) is 19.2 Å². The zero-order valence-corrected chi connectivity index (χ0v) is 38.0. The van der Waals surface area contributed by atoms with Crippen LogP contribution in [0.1, 0.15) is 78.4 Å². The van der Waals surface area contributed by atoms with E-state index in [1.807, 2.05) is 71.0 Å². The van der Waals surface area contributed by atoms with Gasteiger partial charge in [-0.05, 0) is 66.4 Å². The first-order valence-corrected chi connectivity index (χ1v) is 21.7. The fourth-order valence-corrected chi connectivity index (χ4v) is 8.15. The number of amides is 1. The molecular formula is C44H55Cl3N2O9S. The molecule has 2 aliphatic rings. The first-order chi connectivity index (χ1) is 27.7. The topological polar surface area (TPSA) is 130 Å². The molecule has 0 unspecified atom stereocenters. The molecule has 0 saturated carbocycles. The summed E-state index contributed by atoms with van der Waals surface area (Å²) in [7, 11) is 1.52. The van der Waals surface area contributed by atoms with Gasteiger partial charge in [0.05, 0.1) is 11.1 Å². The molecule has 11 nitrogen and oxygen atoms in total. The normalized spacial score (nSPS) is 17.9. The summed E-state index contributed by atoms with van der Waals surface area (Å²) in [5.74, 6) is -1.11. The first kappa shape index (κ1) is 48.0. The van der Waals surface area contributed by atoms with Crippen LogP contribution in [0.3, 0.4) is 0 Å². The van der Waals surface area contributed by atoms with Crippen molar-refractivity contribution < 1.29 is 42.9 Å². The largest absolute Gasteiger partial charge is 0.508 e. The SMILES string of the molecule is C=CCOC(=O)/C(C)=C/[C@H]1CSC([C@@H](C)[C@H](C[C@H](C)C[C@H](OC(=O)[C@H](C)N(C)C(=O)OCC2c3ccccc3-c3ccccc32)C(C)(C)C)OC(=O)OCC(Cl)(Cl)Cl)=N1. The Morgan fingerprint density at radius 3 is 2.12 bits per heavy atom. The van der Waals surface area contributed by atoms with Gasteiger partial charge in [-0.15, -0.1) is 11.8 Å². The second-order valence-corrected chi connectivity index (χ2v) is 19.7. The highest BCUT2D eigenvalue weighted by Crippen LogP contribution is 2.44. The van der Waals surface area contributed by atoms with E-state index in [0.29, 0.717) is 24.2 Å². The molecule has 1 aliphatic carbocycles. The third-order valence-electron chi connectivity index (χ3n) is 10.4. The van der Waals surface area contributed by atoms with Gasteiger partial charge in [-0.2, -0.15) is 0 Å². The van der Waals surface area contributed by atoms with E-state index in [0.717, 1.165) is 27.3 Å². The van der Waals surface area contributed by atoms with Crippen molar-refractivity contribution in [2.24, 2.45) is 22.2 Å². The van der Waals surface area contributed by atoms with Crippen molar-refractivity contribution in [2.75, 3.05) is 32.6 Å². The van der Waals surface area contributed by atoms with Crippen molar-refractivity contribution in [3.05, 3.63) is 84.0 Å². The van der Waals surface area contributed by atoms with E-state index in [4.69, 9.17) is 63.5 Å². The summed E-state index contributed by atoms with van der Waals surface area (Å²) >= 11 is 18.9. The number of carbonyl (C=O) groups excluding carboxylic acids is 4. The average molecular weight is 894 g/mol. The van der Waals surface area contributed by atoms with Crippen molar-refractivity contribution >= 4 is 75.8 Å². The molecule has 0 saturated heterocycles. The molecule has 322 valence electrons. The zero-order valence-electron chi connectivity index (χ0n) is 34.9. The number of likely N-dealkylation sites (N-methyl/N-ethyl adjacent to an activating group) is 1. The molecule has 0 fully saturated rings. The van der Waals surface area contributed by atoms with Crippen LogP contribution in [-0.2, 0) is 33.3 Å². The van der Waals surface area contributed by atoms with Crippen LogP contribution in [0.25, 0.3) is 11.1 Å². The van der Waals surface area contributed by atoms with E-state index in [9.17, 15) is 19.2 Å². The van der Waals surface area contributed by atoms with Crippen LogP contribution in [0.15, 0.2) is 77.8 Å². The van der Waals surface area contributed by atoms with Crippen LogP contribution in [0, 0.1) is 17.3 Å². The van der Waals surface area contributed by atoms with Gasteiger partial charge < -0.3 is 23.7 Å². The monoisotopic (exact) mass is 892 g/mol. The maximum atomic E-state index is 13.7. The number of carbonyl (C=O) groups is 4. The highest BCUT2D eigenvalue weighted by Gasteiger charge is 2.37. The lowest BCUT2D eigenvalue weighted by Crippen LogP contribution is -2.45. The number of halogens is 3. The van der Waals surface area contributed by atoms with Gasteiger partial charge >= 0.3 is 24.2 Å². The molecule has 1 aliphatic heterocycles. The third kappa shape index (κ3) is 13.6. The van der Waals surface area contributed by atoms with Crippen LogP contribution < -0.4 is 0 Å². The zero-order chi connectivity index (χ0) is 43.7. The molecule has 15 heteroatoms. The molecule has 4 rings (SSSR count). The minimum absolute atomic E-state index is 0.104. The van der Waals surface area contributed by atoms with Crippen molar-refractivity contribution in [3.63, 3.8) is 0 Å². The number of aliphatic imine (C=N–C) groups is 1. The lowest BCUT2D eigenvalue weighted by atomic mass is 9.81. The molecule has 6 atom stereocenters. The molecule has 2 aromatic rings. The summed E-state index contributed by atoms with van der Waals surface area (Å²) in [5, 5.41) is 0.730. The maximum Gasteiger partial charge on any atom is 0.508 e. The number of benzene rings is 2. The van der Waals surface area contributed by atoms with E-state index in [1.165, 1.54) is 29.8 Å². The van der Waals surface area contributed by atoms with Gasteiger partial charge in [-0.3, -0.25) is 9.89 Å². The summed E-state index contributed by atoms with van der Waals surface area (Å²) in [6.45, 7) is 16.3. The second-order valence-electron chi connectivity index (χ2n) is 16.1. The van der Waals surface area contributed by atoms with Crippen molar-refractivity contribution in [1.82, 2.24) is 4.90 Å². The molecule has 59 heavy (non-hydrogen) atoms. The van der Waals surface area contributed by atoms with Crippen LogP contribution >= 0.6 is 46.6 Å². The second kappa shape index (κ2) is 21.2. The molecule has 0 radical (unpaired) electrons. The van der Waals surface area contributed by atoms with Crippen LogP contribution in [0.2, 0.25) is 0 Å².